The molecule has 0 saturated heterocycles. The van der Waals surface area contributed by atoms with Crippen molar-refractivity contribution in [3.8, 4) is 0 Å². The number of hydrogen-bond acceptors (Lipinski definition) is 4. The topological polar surface area (TPSA) is 80.5 Å². The van der Waals surface area contributed by atoms with Gasteiger partial charge in [0.25, 0.3) is 15.7 Å². The second kappa shape index (κ2) is 6.15. The first-order valence-corrected chi connectivity index (χ1v) is 8.14. The van der Waals surface area contributed by atoms with Gasteiger partial charge in [-0.2, -0.15) is 0 Å². The van der Waals surface area contributed by atoms with Crippen LogP contribution in [0.5, 0.6) is 0 Å². The molecule has 0 aliphatic rings. The Balaban J connectivity index is 2.42. The van der Waals surface area contributed by atoms with Crippen molar-refractivity contribution in [1.82, 2.24) is 0 Å². The Kier molecular flexibility index (Phi) is 4.46. The molecule has 116 valence electrons. The lowest BCUT2D eigenvalue weighted by molar-refractivity contribution is -0.384. The maximum absolute atomic E-state index is 12.7. The Morgan fingerprint density at radius 3 is 2.05 bits per heavy atom. The van der Waals surface area contributed by atoms with E-state index in [0.29, 0.717) is 5.69 Å². The summed E-state index contributed by atoms with van der Waals surface area (Å²) in [7, 11) is -3.75. The van der Waals surface area contributed by atoms with Gasteiger partial charge in [-0.15, -0.1) is 0 Å². The van der Waals surface area contributed by atoms with Crippen molar-refractivity contribution in [2.75, 3.05) is 10.8 Å². The summed E-state index contributed by atoms with van der Waals surface area (Å²) in [5, 5.41) is 10.7. The Bertz CT molecular complexity index is 768. The summed E-state index contributed by atoms with van der Waals surface area (Å²) in [4.78, 5) is 10.1. The SMILES string of the molecule is CCN(c1ccc(C)cc1)S(=O)(=O)c1ccc([N+](=O)[O-])cc1. The lowest BCUT2D eigenvalue weighted by Crippen LogP contribution is -2.30. The summed E-state index contributed by atoms with van der Waals surface area (Å²) in [5.41, 5.74) is 1.45. The van der Waals surface area contributed by atoms with Gasteiger partial charge < -0.3 is 0 Å². The van der Waals surface area contributed by atoms with Crippen LogP contribution in [0.2, 0.25) is 0 Å². The molecular weight excluding hydrogens is 304 g/mol. The van der Waals surface area contributed by atoms with Crippen molar-refractivity contribution in [3.05, 3.63) is 64.2 Å². The van der Waals surface area contributed by atoms with Crippen LogP contribution in [-0.4, -0.2) is 19.9 Å². The quantitative estimate of drug-likeness (QED) is 0.626. The molecule has 7 heteroatoms. The summed E-state index contributed by atoms with van der Waals surface area (Å²) < 4.78 is 26.6. The summed E-state index contributed by atoms with van der Waals surface area (Å²) in [6, 6.07) is 12.0. The summed E-state index contributed by atoms with van der Waals surface area (Å²) in [6.45, 7) is 3.93. The molecule has 0 bridgehead atoms. The third-order valence-corrected chi connectivity index (χ3v) is 5.16. The van der Waals surface area contributed by atoms with E-state index >= 15 is 0 Å². The molecule has 0 spiro atoms. The zero-order valence-electron chi connectivity index (χ0n) is 12.3. The number of benzene rings is 2. The van der Waals surface area contributed by atoms with Crippen molar-refractivity contribution in [2.24, 2.45) is 0 Å². The number of non-ortho nitro benzene ring substituents is 1. The number of nitrogens with zero attached hydrogens (tertiary/aromatic N) is 2. The van der Waals surface area contributed by atoms with Crippen LogP contribution in [0.4, 0.5) is 11.4 Å². The van der Waals surface area contributed by atoms with E-state index in [2.05, 4.69) is 0 Å². The third kappa shape index (κ3) is 3.09. The molecule has 0 N–H and O–H groups in total. The number of nitro groups is 1. The van der Waals surface area contributed by atoms with Gasteiger partial charge >= 0.3 is 0 Å². The highest BCUT2D eigenvalue weighted by atomic mass is 32.2. The molecule has 22 heavy (non-hydrogen) atoms. The number of sulfonamides is 1. The highest BCUT2D eigenvalue weighted by molar-refractivity contribution is 7.92. The van der Waals surface area contributed by atoms with Crippen LogP contribution in [-0.2, 0) is 10.0 Å². The fraction of sp³-hybridized carbons (Fsp3) is 0.200. The zero-order valence-corrected chi connectivity index (χ0v) is 13.1. The van der Waals surface area contributed by atoms with Crippen LogP contribution in [0, 0.1) is 17.0 Å². The van der Waals surface area contributed by atoms with E-state index in [1.54, 1.807) is 19.1 Å². The molecule has 0 amide bonds. The minimum absolute atomic E-state index is 0.0283. The first kappa shape index (κ1) is 16.0. The molecule has 0 radical (unpaired) electrons. The Morgan fingerprint density at radius 2 is 1.59 bits per heavy atom. The Morgan fingerprint density at radius 1 is 1.05 bits per heavy atom. The van der Waals surface area contributed by atoms with E-state index < -0.39 is 14.9 Å². The molecule has 0 saturated carbocycles. The molecular formula is C15H16N2O4S. The standard InChI is InChI=1S/C15H16N2O4S/c1-3-16(13-6-4-12(2)5-7-13)22(20,21)15-10-8-14(9-11-15)17(18)19/h4-11H,3H2,1-2H3. The minimum Gasteiger partial charge on any atom is -0.267 e. The van der Waals surface area contributed by atoms with Crippen molar-refractivity contribution < 1.29 is 13.3 Å². The van der Waals surface area contributed by atoms with Gasteiger partial charge in [0.05, 0.1) is 15.5 Å². The smallest absolute Gasteiger partial charge is 0.267 e. The van der Waals surface area contributed by atoms with Crippen molar-refractivity contribution in [3.63, 3.8) is 0 Å². The molecule has 0 aliphatic heterocycles. The maximum atomic E-state index is 12.7. The molecule has 2 aromatic carbocycles. The maximum Gasteiger partial charge on any atom is 0.269 e. The van der Waals surface area contributed by atoms with Gasteiger partial charge in [0.15, 0.2) is 0 Å². The predicted molar refractivity (Wildman–Crippen MR) is 84.5 cm³/mol. The van der Waals surface area contributed by atoms with Crippen LogP contribution < -0.4 is 4.31 Å². The number of anilines is 1. The van der Waals surface area contributed by atoms with Crippen molar-refractivity contribution in [2.45, 2.75) is 18.7 Å². The van der Waals surface area contributed by atoms with Crippen LogP contribution in [0.15, 0.2) is 53.4 Å². The summed E-state index contributed by atoms with van der Waals surface area (Å²) in [5.74, 6) is 0. The van der Waals surface area contributed by atoms with Crippen LogP contribution >= 0.6 is 0 Å². The number of hydrogen-bond donors (Lipinski definition) is 0. The van der Waals surface area contributed by atoms with E-state index in [1.807, 2.05) is 19.1 Å². The van der Waals surface area contributed by atoms with Crippen molar-refractivity contribution >= 4 is 21.4 Å². The second-order valence-electron chi connectivity index (χ2n) is 4.76. The molecule has 2 aromatic rings. The second-order valence-corrected chi connectivity index (χ2v) is 6.62. The Hall–Kier alpha value is -2.41. The normalized spacial score (nSPS) is 11.2. The molecule has 0 unspecified atom stereocenters. The lowest BCUT2D eigenvalue weighted by atomic mass is 10.2. The van der Waals surface area contributed by atoms with Gasteiger partial charge in [0.2, 0.25) is 0 Å². The lowest BCUT2D eigenvalue weighted by Gasteiger charge is -2.23. The number of aryl methyl sites for hydroxylation is 1. The van der Waals surface area contributed by atoms with Gasteiger partial charge in [-0.1, -0.05) is 17.7 Å². The Labute approximate surface area is 129 Å². The molecule has 0 aliphatic carbocycles. The molecule has 0 aromatic heterocycles. The third-order valence-electron chi connectivity index (χ3n) is 3.24. The summed E-state index contributed by atoms with van der Waals surface area (Å²) >= 11 is 0. The monoisotopic (exact) mass is 320 g/mol. The zero-order chi connectivity index (χ0) is 16.3. The molecule has 0 heterocycles. The molecule has 6 nitrogen and oxygen atoms in total. The van der Waals surface area contributed by atoms with Crippen molar-refractivity contribution in [1.29, 1.82) is 0 Å². The first-order valence-electron chi connectivity index (χ1n) is 6.70. The van der Waals surface area contributed by atoms with Crippen LogP contribution in [0.1, 0.15) is 12.5 Å². The molecule has 0 atom stereocenters. The minimum atomic E-state index is -3.75. The van der Waals surface area contributed by atoms with E-state index in [1.165, 1.54) is 28.6 Å². The largest absolute Gasteiger partial charge is 0.269 e. The highest BCUT2D eigenvalue weighted by Crippen LogP contribution is 2.25. The van der Waals surface area contributed by atoms with E-state index in [4.69, 9.17) is 0 Å². The van der Waals surface area contributed by atoms with Gasteiger partial charge in [-0.3, -0.25) is 14.4 Å². The van der Waals surface area contributed by atoms with E-state index in [0.717, 1.165) is 5.56 Å². The van der Waals surface area contributed by atoms with E-state index in [9.17, 15) is 18.5 Å². The average Bonchev–Trinajstić information content (AvgIpc) is 2.50. The number of rotatable bonds is 5. The van der Waals surface area contributed by atoms with Crippen LogP contribution in [0.25, 0.3) is 0 Å². The van der Waals surface area contributed by atoms with Gasteiger partial charge in [-0.05, 0) is 38.1 Å². The fourth-order valence-corrected chi connectivity index (χ4v) is 3.54. The molecule has 2 rings (SSSR count). The van der Waals surface area contributed by atoms with E-state index in [-0.39, 0.29) is 17.1 Å². The first-order chi connectivity index (χ1) is 10.4. The summed E-state index contributed by atoms with van der Waals surface area (Å²) in [6.07, 6.45) is 0. The highest BCUT2D eigenvalue weighted by Gasteiger charge is 2.24. The number of nitro benzene ring substituents is 1. The van der Waals surface area contributed by atoms with Gasteiger partial charge in [0, 0.05) is 18.7 Å². The molecule has 0 fully saturated rings. The predicted octanol–water partition coefficient (Wildman–Crippen LogP) is 3.12. The fourth-order valence-electron chi connectivity index (χ4n) is 2.07. The van der Waals surface area contributed by atoms with Gasteiger partial charge in [0.1, 0.15) is 0 Å². The van der Waals surface area contributed by atoms with Gasteiger partial charge in [-0.25, -0.2) is 8.42 Å². The van der Waals surface area contributed by atoms with Crippen LogP contribution in [0.3, 0.4) is 0 Å². The average molecular weight is 320 g/mol.